The minimum absolute atomic E-state index is 0.0157. The van der Waals surface area contributed by atoms with Crippen molar-refractivity contribution in [1.82, 2.24) is 9.97 Å². The first-order valence-corrected chi connectivity index (χ1v) is 9.12. The van der Waals surface area contributed by atoms with Crippen molar-refractivity contribution in [2.24, 2.45) is 0 Å². The molecule has 0 saturated carbocycles. The molecule has 0 atom stereocenters. The molecule has 29 heavy (non-hydrogen) atoms. The van der Waals surface area contributed by atoms with Gasteiger partial charge in [-0.3, -0.25) is 0 Å². The zero-order valence-electron chi connectivity index (χ0n) is 17.6. The molecular weight excluding hydrogens is 378 g/mol. The van der Waals surface area contributed by atoms with E-state index in [1.165, 1.54) is 7.11 Å². The highest BCUT2D eigenvalue weighted by molar-refractivity contribution is 5.86. The van der Waals surface area contributed by atoms with Crippen LogP contribution in [0.5, 0.6) is 6.01 Å². The number of esters is 1. The molecular formula is C20H27N3O6. The second-order valence-corrected chi connectivity index (χ2v) is 7.83. The highest BCUT2D eigenvalue weighted by Gasteiger charge is 2.28. The van der Waals surface area contributed by atoms with E-state index in [0.29, 0.717) is 5.52 Å². The van der Waals surface area contributed by atoms with Crippen LogP contribution in [0.2, 0.25) is 0 Å². The minimum atomic E-state index is -0.875. The number of carbonyl (C=O) groups is 2. The van der Waals surface area contributed by atoms with Crippen LogP contribution in [0.1, 0.15) is 34.6 Å². The van der Waals surface area contributed by atoms with E-state index in [9.17, 15) is 9.59 Å². The number of nitrogens with one attached hydrogen (secondary N) is 1. The van der Waals surface area contributed by atoms with Gasteiger partial charge >= 0.3 is 18.1 Å². The number of hydrogen-bond donors (Lipinski definition) is 1. The number of benzene rings is 1. The molecule has 0 aliphatic heterocycles. The molecule has 0 aliphatic carbocycles. The summed E-state index contributed by atoms with van der Waals surface area (Å²) >= 11 is 0. The monoisotopic (exact) mass is 405 g/mol. The predicted molar refractivity (Wildman–Crippen MR) is 107 cm³/mol. The standard InChI is InChI=1S/C20H27N3O6/c1-19(2,3)29-18(25)28-10-9-27-17-21-12-13-11-14(7-8-15(13)22-17)23-20(4,5)16(24)26-6/h7-8,11-12,23H,9-10H2,1-6H3. The van der Waals surface area contributed by atoms with Crippen molar-refractivity contribution in [2.75, 3.05) is 25.6 Å². The summed E-state index contributed by atoms with van der Waals surface area (Å²) in [6.45, 7) is 8.84. The second kappa shape index (κ2) is 8.93. The van der Waals surface area contributed by atoms with Gasteiger partial charge in [0, 0.05) is 17.3 Å². The van der Waals surface area contributed by atoms with Gasteiger partial charge in [0.2, 0.25) is 0 Å². The van der Waals surface area contributed by atoms with Crippen LogP contribution >= 0.6 is 0 Å². The highest BCUT2D eigenvalue weighted by Crippen LogP contribution is 2.22. The third kappa shape index (κ3) is 6.78. The number of hydrogen-bond acceptors (Lipinski definition) is 9. The quantitative estimate of drug-likeness (QED) is 0.548. The minimum Gasteiger partial charge on any atom is -0.467 e. The number of methoxy groups -OCH3 is 1. The van der Waals surface area contributed by atoms with E-state index < -0.39 is 17.3 Å². The van der Waals surface area contributed by atoms with Crippen molar-refractivity contribution in [1.29, 1.82) is 0 Å². The molecule has 2 aromatic rings. The molecule has 0 amide bonds. The van der Waals surface area contributed by atoms with Crippen LogP contribution in [-0.4, -0.2) is 53.6 Å². The highest BCUT2D eigenvalue weighted by atomic mass is 16.7. The maximum absolute atomic E-state index is 11.8. The normalized spacial score (nSPS) is 11.7. The van der Waals surface area contributed by atoms with Crippen LogP contribution in [0.15, 0.2) is 24.4 Å². The van der Waals surface area contributed by atoms with Gasteiger partial charge in [0.1, 0.15) is 24.4 Å². The smallest absolute Gasteiger partial charge is 0.467 e. The molecule has 0 radical (unpaired) electrons. The number of nitrogens with zero attached hydrogens (tertiary/aromatic N) is 2. The molecule has 0 aliphatic rings. The summed E-state index contributed by atoms with van der Waals surface area (Å²) in [5, 5.41) is 3.89. The summed E-state index contributed by atoms with van der Waals surface area (Å²) in [7, 11) is 1.35. The first kappa shape index (κ1) is 22.2. The number of carbonyl (C=O) groups excluding carboxylic acids is 2. The van der Waals surface area contributed by atoms with Crippen molar-refractivity contribution < 1.29 is 28.5 Å². The topological polar surface area (TPSA) is 109 Å². The zero-order chi connectivity index (χ0) is 21.7. The Balaban J connectivity index is 1.94. The lowest BCUT2D eigenvalue weighted by Gasteiger charge is -2.24. The van der Waals surface area contributed by atoms with Crippen LogP contribution in [-0.2, 0) is 19.0 Å². The van der Waals surface area contributed by atoms with Gasteiger partial charge in [-0.1, -0.05) is 0 Å². The maximum Gasteiger partial charge on any atom is 0.508 e. The van der Waals surface area contributed by atoms with Crippen LogP contribution in [0.4, 0.5) is 10.5 Å². The van der Waals surface area contributed by atoms with E-state index in [2.05, 4.69) is 15.3 Å². The molecule has 0 spiro atoms. The molecule has 1 aromatic heterocycles. The van der Waals surface area contributed by atoms with Crippen LogP contribution in [0.25, 0.3) is 10.9 Å². The third-order valence-electron chi connectivity index (χ3n) is 3.63. The van der Waals surface area contributed by atoms with Crippen molar-refractivity contribution in [3.63, 3.8) is 0 Å². The first-order valence-electron chi connectivity index (χ1n) is 9.12. The average Bonchev–Trinajstić information content (AvgIpc) is 2.62. The SMILES string of the molecule is COC(=O)C(C)(C)Nc1ccc2nc(OCCOC(=O)OC(C)(C)C)ncc2c1. The molecule has 0 bridgehead atoms. The molecule has 1 N–H and O–H groups in total. The van der Waals surface area contributed by atoms with Gasteiger partial charge in [0.25, 0.3) is 0 Å². The maximum atomic E-state index is 11.8. The van der Waals surface area contributed by atoms with Crippen LogP contribution in [0, 0.1) is 0 Å². The molecule has 2 rings (SSSR count). The molecule has 9 nitrogen and oxygen atoms in total. The first-order chi connectivity index (χ1) is 13.5. The van der Waals surface area contributed by atoms with E-state index in [4.69, 9.17) is 18.9 Å². The van der Waals surface area contributed by atoms with Gasteiger partial charge in [-0.05, 0) is 52.8 Å². The van der Waals surface area contributed by atoms with E-state index in [-0.39, 0.29) is 25.2 Å². The fraction of sp³-hybridized carbons (Fsp3) is 0.500. The summed E-state index contributed by atoms with van der Waals surface area (Å²) < 4.78 is 20.2. The Bertz CT molecular complexity index is 876. The van der Waals surface area contributed by atoms with Crippen LogP contribution < -0.4 is 10.1 Å². The Labute approximate surface area is 169 Å². The summed E-state index contributed by atoms with van der Waals surface area (Å²) in [6, 6.07) is 5.59. The molecule has 0 unspecified atom stereocenters. The zero-order valence-corrected chi connectivity index (χ0v) is 17.6. The largest absolute Gasteiger partial charge is 0.508 e. The van der Waals surface area contributed by atoms with Crippen molar-refractivity contribution in [2.45, 2.75) is 45.8 Å². The summed E-state index contributed by atoms with van der Waals surface area (Å²) in [6.07, 6.45) is 0.860. The lowest BCUT2D eigenvalue weighted by atomic mass is 10.1. The van der Waals surface area contributed by atoms with Crippen molar-refractivity contribution in [3.05, 3.63) is 24.4 Å². The Morgan fingerprint density at radius 1 is 1.10 bits per heavy atom. The Morgan fingerprint density at radius 2 is 1.83 bits per heavy atom. The molecule has 9 heteroatoms. The average molecular weight is 405 g/mol. The van der Waals surface area contributed by atoms with Gasteiger partial charge in [0.15, 0.2) is 0 Å². The number of fused-ring (bicyclic) bond motifs is 1. The van der Waals surface area contributed by atoms with Crippen LogP contribution in [0.3, 0.4) is 0 Å². The molecule has 1 aromatic carbocycles. The fourth-order valence-electron chi connectivity index (χ4n) is 2.37. The van der Waals surface area contributed by atoms with E-state index in [0.717, 1.165) is 11.1 Å². The van der Waals surface area contributed by atoms with Gasteiger partial charge in [-0.2, -0.15) is 4.98 Å². The molecule has 0 saturated heterocycles. The van der Waals surface area contributed by atoms with Gasteiger partial charge < -0.3 is 24.3 Å². The van der Waals surface area contributed by atoms with E-state index >= 15 is 0 Å². The van der Waals surface area contributed by atoms with Crippen molar-refractivity contribution >= 4 is 28.7 Å². The Kier molecular flexibility index (Phi) is 6.84. The lowest BCUT2D eigenvalue weighted by molar-refractivity contribution is -0.144. The Morgan fingerprint density at radius 3 is 2.48 bits per heavy atom. The van der Waals surface area contributed by atoms with Gasteiger partial charge in [-0.15, -0.1) is 0 Å². The van der Waals surface area contributed by atoms with Crippen molar-refractivity contribution in [3.8, 4) is 6.01 Å². The summed E-state index contributed by atoms with van der Waals surface area (Å²) in [5.41, 5.74) is -0.0833. The van der Waals surface area contributed by atoms with E-state index in [1.807, 2.05) is 6.07 Å². The lowest BCUT2D eigenvalue weighted by Crippen LogP contribution is -2.41. The third-order valence-corrected chi connectivity index (χ3v) is 3.63. The van der Waals surface area contributed by atoms with E-state index in [1.54, 1.807) is 52.9 Å². The fourth-order valence-corrected chi connectivity index (χ4v) is 2.37. The summed E-state index contributed by atoms with van der Waals surface area (Å²) in [4.78, 5) is 31.8. The Hall–Kier alpha value is -3.10. The van der Waals surface area contributed by atoms with Gasteiger partial charge in [-0.25, -0.2) is 14.6 Å². The number of rotatable bonds is 7. The molecule has 1 heterocycles. The summed E-state index contributed by atoms with van der Waals surface area (Å²) in [5.74, 6) is -0.369. The number of ether oxygens (including phenoxy) is 4. The molecule has 0 fully saturated rings. The molecule has 158 valence electrons. The number of aromatic nitrogens is 2. The predicted octanol–water partition coefficient (Wildman–Crippen LogP) is 3.32. The van der Waals surface area contributed by atoms with Gasteiger partial charge in [0.05, 0.1) is 12.6 Å². The number of anilines is 1. The second-order valence-electron chi connectivity index (χ2n) is 7.83.